The van der Waals surface area contributed by atoms with Crippen LogP contribution in [0.2, 0.25) is 0 Å². The molecule has 0 atom stereocenters. The first-order chi connectivity index (χ1) is 11.8. The van der Waals surface area contributed by atoms with E-state index < -0.39 is 0 Å². The van der Waals surface area contributed by atoms with Gasteiger partial charge in [-0.05, 0) is 48.2 Å². The molecule has 0 amide bonds. The lowest BCUT2D eigenvalue weighted by Gasteiger charge is -2.18. The average Bonchev–Trinajstić information content (AvgIpc) is 3.07. The van der Waals surface area contributed by atoms with Crippen LogP contribution in [0.5, 0.6) is 0 Å². The molecule has 0 bridgehead atoms. The van der Waals surface area contributed by atoms with Crippen molar-refractivity contribution in [3.8, 4) is 0 Å². The maximum atomic E-state index is 4.70. The number of hydrogen-bond acceptors (Lipinski definition) is 4. The molecule has 4 heteroatoms. The average molecular weight is 316 g/mol. The third-order valence-electron chi connectivity index (χ3n) is 4.42. The summed E-state index contributed by atoms with van der Waals surface area (Å²) in [4.78, 5) is 11.3. The highest BCUT2D eigenvalue weighted by atomic mass is 15.2. The van der Waals surface area contributed by atoms with Gasteiger partial charge in [0, 0.05) is 24.1 Å². The first kappa shape index (κ1) is 14.7. The van der Waals surface area contributed by atoms with Gasteiger partial charge in [0.1, 0.15) is 5.82 Å². The quantitative estimate of drug-likeness (QED) is 0.770. The van der Waals surface area contributed by atoms with Crippen molar-refractivity contribution >= 4 is 23.1 Å². The minimum atomic E-state index is 0.626. The number of benzene rings is 2. The normalized spacial score (nSPS) is 13.0. The Kier molecular flexibility index (Phi) is 3.87. The predicted octanol–water partition coefficient (Wildman–Crippen LogP) is 4.48. The van der Waals surface area contributed by atoms with E-state index in [9.17, 15) is 0 Å². The minimum absolute atomic E-state index is 0.626. The number of hydrogen-bond donors (Lipinski definition) is 1. The van der Waals surface area contributed by atoms with Gasteiger partial charge in [0.2, 0.25) is 5.95 Å². The van der Waals surface area contributed by atoms with E-state index in [0.29, 0.717) is 5.95 Å². The van der Waals surface area contributed by atoms with Crippen LogP contribution >= 0.6 is 0 Å². The van der Waals surface area contributed by atoms with E-state index in [2.05, 4.69) is 70.7 Å². The number of anilines is 4. The van der Waals surface area contributed by atoms with Gasteiger partial charge in [0.25, 0.3) is 0 Å². The van der Waals surface area contributed by atoms with Crippen molar-refractivity contribution in [1.29, 1.82) is 0 Å². The molecule has 0 aliphatic carbocycles. The summed E-state index contributed by atoms with van der Waals surface area (Å²) >= 11 is 0. The molecule has 1 aromatic heterocycles. The van der Waals surface area contributed by atoms with E-state index in [1.54, 1.807) is 0 Å². The summed E-state index contributed by atoms with van der Waals surface area (Å²) < 4.78 is 0. The molecule has 1 aliphatic heterocycles. The van der Waals surface area contributed by atoms with Gasteiger partial charge in [-0.25, -0.2) is 4.98 Å². The van der Waals surface area contributed by atoms with Crippen molar-refractivity contribution in [3.05, 3.63) is 71.9 Å². The van der Waals surface area contributed by atoms with Crippen LogP contribution in [0.15, 0.2) is 60.8 Å². The Morgan fingerprint density at radius 2 is 1.88 bits per heavy atom. The molecule has 0 spiro atoms. The van der Waals surface area contributed by atoms with Crippen LogP contribution in [-0.4, -0.2) is 16.5 Å². The molecular weight excluding hydrogens is 296 g/mol. The smallest absolute Gasteiger partial charge is 0.229 e. The molecule has 2 aromatic carbocycles. The largest absolute Gasteiger partial charge is 0.326 e. The van der Waals surface area contributed by atoms with Crippen LogP contribution in [0.4, 0.5) is 23.1 Å². The molecule has 1 N–H and O–H groups in total. The Morgan fingerprint density at radius 1 is 1.04 bits per heavy atom. The van der Waals surface area contributed by atoms with Crippen LogP contribution < -0.4 is 10.2 Å². The second kappa shape index (κ2) is 6.32. The molecule has 0 unspecified atom stereocenters. The molecule has 0 saturated carbocycles. The first-order valence-electron chi connectivity index (χ1n) is 8.38. The third-order valence-corrected chi connectivity index (χ3v) is 4.42. The van der Waals surface area contributed by atoms with Crippen LogP contribution in [0.1, 0.15) is 18.1 Å². The van der Waals surface area contributed by atoms with E-state index in [0.717, 1.165) is 30.9 Å². The Hall–Kier alpha value is -2.88. The van der Waals surface area contributed by atoms with Crippen molar-refractivity contribution < 1.29 is 0 Å². The van der Waals surface area contributed by atoms with E-state index in [-0.39, 0.29) is 0 Å². The number of aryl methyl sites for hydroxylation is 1. The van der Waals surface area contributed by atoms with E-state index in [1.807, 2.05) is 12.3 Å². The molecule has 120 valence electrons. The summed E-state index contributed by atoms with van der Waals surface area (Å²) in [6.07, 6.45) is 3.91. The van der Waals surface area contributed by atoms with Crippen molar-refractivity contribution in [3.63, 3.8) is 0 Å². The van der Waals surface area contributed by atoms with Gasteiger partial charge in [0.05, 0.1) is 0 Å². The summed E-state index contributed by atoms with van der Waals surface area (Å²) in [7, 11) is 0. The highest BCUT2D eigenvalue weighted by Crippen LogP contribution is 2.33. The highest BCUT2D eigenvalue weighted by Gasteiger charge is 2.20. The summed E-state index contributed by atoms with van der Waals surface area (Å²) in [5, 5.41) is 3.29. The first-order valence-corrected chi connectivity index (χ1v) is 8.38. The van der Waals surface area contributed by atoms with Crippen LogP contribution in [-0.2, 0) is 12.8 Å². The fourth-order valence-corrected chi connectivity index (χ4v) is 3.09. The summed E-state index contributed by atoms with van der Waals surface area (Å²) in [5.74, 6) is 1.56. The second-order valence-electron chi connectivity index (χ2n) is 5.94. The number of para-hydroxylation sites is 1. The van der Waals surface area contributed by atoms with Crippen molar-refractivity contribution in [2.45, 2.75) is 19.8 Å². The van der Waals surface area contributed by atoms with Gasteiger partial charge < -0.3 is 10.2 Å². The molecule has 1 aliphatic rings. The highest BCUT2D eigenvalue weighted by molar-refractivity contribution is 5.68. The van der Waals surface area contributed by atoms with Crippen molar-refractivity contribution in [2.75, 3.05) is 16.8 Å². The van der Waals surface area contributed by atoms with Gasteiger partial charge in [-0.1, -0.05) is 37.3 Å². The monoisotopic (exact) mass is 316 g/mol. The van der Waals surface area contributed by atoms with Crippen LogP contribution in [0, 0.1) is 0 Å². The molecule has 24 heavy (non-hydrogen) atoms. The van der Waals surface area contributed by atoms with Crippen molar-refractivity contribution in [1.82, 2.24) is 9.97 Å². The Labute approximate surface area is 142 Å². The zero-order chi connectivity index (χ0) is 16.4. The van der Waals surface area contributed by atoms with Crippen LogP contribution in [0.3, 0.4) is 0 Å². The lowest BCUT2D eigenvalue weighted by atomic mass is 10.1. The summed E-state index contributed by atoms with van der Waals surface area (Å²) in [6.45, 7) is 3.11. The molecule has 0 saturated heterocycles. The van der Waals surface area contributed by atoms with E-state index in [4.69, 9.17) is 4.98 Å². The zero-order valence-electron chi connectivity index (χ0n) is 13.7. The Balaban J connectivity index is 1.58. The van der Waals surface area contributed by atoms with E-state index >= 15 is 0 Å². The van der Waals surface area contributed by atoms with Crippen LogP contribution in [0.25, 0.3) is 0 Å². The maximum absolute atomic E-state index is 4.70. The molecule has 2 heterocycles. The number of nitrogens with zero attached hydrogens (tertiary/aromatic N) is 3. The Morgan fingerprint density at radius 3 is 2.71 bits per heavy atom. The third kappa shape index (κ3) is 2.83. The van der Waals surface area contributed by atoms with E-state index in [1.165, 1.54) is 16.8 Å². The number of rotatable bonds is 4. The second-order valence-corrected chi connectivity index (χ2v) is 5.94. The minimum Gasteiger partial charge on any atom is -0.326 e. The topological polar surface area (TPSA) is 41.1 Å². The standard InChI is InChI=1S/C20H20N4/c1-2-15-7-9-17(10-8-15)22-20-21-13-11-19(23-20)24-14-12-16-5-3-4-6-18(16)24/h3-11,13H,2,12,14H2,1H3,(H,21,22,23). The Bertz CT molecular complexity index is 842. The molecule has 4 nitrogen and oxygen atoms in total. The summed E-state index contributed by atoms with van der Waals surface area (Å²) in [5.41, 5.74) is 4.95. The zero-order valence-corrected chi connectivity index (χ0v) is 13.7. The SMILES string of the molecule is CCc1ccc(Nc2nccc(N3CCc4ccccc43)n2)cc1. The summed E-state index contributed by atoms with van der Waals surface area (Å²) in [6, 6.07) is 18.9. The molecule has 0 fully saturated rings. The van der Waals surface area contributed by atoms with Gasteiger partial charge in [-0.3, -0.25) is 0 Å². The fourth-order valence-electron chi connectivity index (χ4n) is 3.09. The van der Waals surface area contributed by atoms with Gasteiger partial charge >= 0.3 is 0 Å². The molecular formula is C20H20N4. The lowest BCUT2D eigenvalue weighted by Crippen LogP contribution is -2.15. The van der Waals surface area contributed by atoms with Gasteiger partial charge in [0.15, 0.2) is 0 Å². The van der Waals surface area contributed by atoms with Gasteiger partial charge in [-0.2, -0.15) is 4.98 Å². The fraction of sp³-hybridized carbons (Fsp3) is 0.200. The number of aromatic nitrogens is 2. The predicted molar refractivity (Wildman–Crippen MR) is 98.3 cm³/mol. The molecule has 3 aromatic rings. The van der Waals surface area contributed by atoms with Gasteiger partial charge in [-0.15, -0.1) is 0 Å². The van der Waals surface area contributed by atoms with Crippen molar-refractivity contribution in [2.24, 2.45) is 0 Å². The number of nitrogens with one attached hydrogen (secondary N) is 1. The molecule has 0 radical (unpaired) electrons. The molecule has 4 rings (SSSR count). The lowest BCUT2D eigenvalue weighted by molar-refractivity contribution is 0.966. The number of fused-ring (bicyclic) bond motifs is 1. The maximum Gasteiger partial charge on any atom is 0.229 e.